The monoisotopic (exact) mass is 276 g/mol. The van der Waals surface area contributed by atoms with Gasteiger partial charge in [-0.3, -0.25) is 0 Å². The average Bonchev–Trinajstić information content (AvgIpc) is 2.81. The first-order valence-corrected chi connectivity index (χ1v) is 7.04. The van der Waals surface area contributed by atoms with Crippen molar-refractivity contribution >= 4 is 10.0 Å². The minimum Gasteiger partial charge on any atom is -0.330 e. The molecule has 0 bridgehead atoms. The Labute approximate surface area is 104 Å². The molecule has 0 spiro atoms. The maximum absolute atomic E-state index is 13.5. The van der Waals surface area contributed by atoms with Gasteiger partial charge in [0.2, 0.25) is 10.0 Å². The summed E-state index contributed by atoms with van der Waals surface area (Å²) in [5, 5.41) is 0. The molecule has 1 heterocycles. The molecule has 0 amide bonds. The number of halogens is 2. The molecule has 1 aliphatic heterocycles. The van der Waals surface area contributed by atoms with Crippen molar-refractivity contribution in [3.63, 3.8) is 0 Å². The van der Waals surface area contributed by atoms with Crippen molar-refractivity contribution in [2.45, 2.75) is 11.3 Å². The highest BCUT2D eigenvalue weighted by molar-refractivity contribution is 7.89. The molecule has 1 saturated heterocycles. The molecule has 0 aliphatic carbocycles. The summed E-state index contributed by atoms with van der Waals surface area (Å²) >= 11 is 0. The molecule has 0 radical (unpaired) electrons. The SMILES string of the molecule is NCC1CCN(S(=O)(=O)c2cc(F)ccc2F)C1. The van der Waals surface area contributed by atoms with Gasteiger partial charge in [0.05, 0.1) is 0 Å². The van der Waals surface area contributed by atoms with Crippen LogP contribution in [-0.4, -0.2) is 32.4 Å². The first-order chi connectivity index (χ1) is 8.45. The van der Waals surface area contributed by atoms with Gasteiger partial charge >= 0.3 is 0 Å². The Morgan fingerprint density at radius 3 is 2.72 bits per heavy atom. The zero-order chi connectivity index (χ0) is 13.3. The van der Waals surface area contributed by atoms with Gasteiger partial charge < -0.3 is 5.73 Å². The molecule has 18 heavy (non-hydrogen) atoms. The minimum absolute atomic E-state index is 0.0800. The molecule has 0 saturated carbocycles. The molecule has 100 valence electrons. The molecule has 2 rings (SSSR count). The van der Waals surface area contributed by atoms with E-state index < -0.39 is 26.6 Å². The lowest BCUT2D eigenvalue weighted by molar-refractivity contribution is 0.452. The summed E-state index contributed by atoms with van der Waals surface area (Å²) in [6.45, 7) is 0.937. The lowest BCUT2D eigenvalue weighted by Crippen LogP contribution is -2.30. The van der Waals surface area contributed by atoms with Crippen molar-refractivity contribution in [1.82, 2.24) is 4.31 Å². The maximum Gasteiger partial charge on any atom is 0.246 e. The van der Waals surface area contributed by atoms with Gasteiger partial charge in [-0.2, -0.15) is 4.31 Å². The molecule has 2 N–H and O–H groups in total. The van der Waals surface area contributed by atoms with E-state index in [0.29, 0.717) is 25.6 Å². The summed E-state index contributed by atoms with van der Waals surface area (Å²) in [5.41, 5.74) is 5.48. The third-order valence-corrected chi connectivity index (χ3v) is 4.97. The second-order valence-electron chi connectivity index (χ2n) is 4.33. The van der Waals surface area contributed by atoms with E-state index >= 15 is 0 Å². The van der Waals surface area contributed by atoms with E-state index in [0.717, 1.165) is 16.4 Å². The number of sulfonamides is 1. The summed E-state index contributed by atoms with van der Waals surface area (Å²) in [7, 11) is -3.97. The van der Waals surface area contributed by atoms with Crippen molar-refractivity contribution in [2.24, 2.45) is 11.7 Å². The molecule has 1 fully saturated rings. The fraction of sp³-hybridized carbons (Fsp3) is 0.455. The van der Waals surface area contributed by atoms with Crippen LogP contribution < -0.4 is 5.73 Å². The van der Waals surface area contributed by atoms with Crippen molar-refractivity contribution < 1.29 is 17.2 Å². The Bertz CT molecular complexity index is 548. The van der Waals surface area contributed by atoms with Gasteiger partial charge in [0, 0.05) is 13.1 Å². The molecule has 4 nitrogen and oxygen atoms in total. The Morgan fingerprint density at radius 2 is 2.11 bits per heavy atom. The fourth-order valence-corrected chi connectivity index (χ4v) is 3.63. The summed E-state index contributed by atoms with van der Waals surface area (Å²) in [4.78, 5) is -0.611. The average molecular weight is 276 g/mol. The molecular weight excluding hydrogens is 262 g/mol. The number of nitrogens with zero attached hydrogens (tertiary/aromatic N) is 1. The predicted octanol–water partition coefficient (Wildman–Crippen LogP) is 0.934. The van der Waals surface area contributed by atoms with E-state index in [4.69, 9.17) is 5.73 Å². The molecular formula is C11H14F2N2O2S. The smallest absolute Gasteiger partial charge is 0.246 e. The van der Waals surface area contributed by atoms with Crippen molar-refractivity contribution in [2.75, 3.05) is 19.6 Å². The van der Waals surface area contributed by atoms with E-state index in [9.17, 15) is 17.2 Å². The third kappa shape index (κ3) is 2.38. The van der Waals surface area contributed by atoms with Crippen LogP contribution in [0.25, 0.3) is 0 Å². The molecule has 0 aromatic heterocycles. The molecule has 1 aromatic carbocycles. The van der Waals surface area contributed by atoms with Crippen molar-refractivity contribution in [3.8, 4) is 0 Å². The number of hydrogen-bond acceptors (Lipinski definition) is 3. The predicted molar refractivity (Wildman–Crippen MR) is 62.3 cm³/mol. The van der Waals surface area contributed by atoms with Crippen LogP contribution in [-0.2, 0) is 10.0 Å². The Hall–Kier alpha value is -1.05. The van der Waals surface area contributed by atoms with Crippen LogP contribution in [0.3, 0.4) is 0 Å². The van der Waals surface area contributed by atoms with Crippen molar-refractivity contribution in [1.29, 1.82) is 0 Å². The largest absolute Gasteiger partial charge is 0.330 e. The van der Waals surface area contributed by atoms with Crippen LogP contribution in [0.2, 0.25) is 0 Å². The zero-order valence-electron chi connectivity index (χ0n) is 9.64. The van der Waals surface area contributed by atoms with E-state index in [1.807, 2.05) is 0 Å². The van der Waals surface area contributed by atoms with Gasteiger partial charge in [-0.25, -0.2) is 17.2 Å². The maximum atomic E-state index is 13.5. The highest BCUT2D eigenvalue weighted by atomic mass is 32.2. The normalized spacial score (nSPS) is 21.4. The quantitative estimate of drug-likeness (QED) is 0.893. The van der Waals surface area contributed by atoms with Crippen LogP contribution in [0.5, 0.6) is 0 Å². The second-order valence-corrected chi connectivity index (χ2v) is 6.23. The van der Waals surface area contributed by atoms with Crippen LogP contribution in [0.1, 0.15) is 6.42 Å². The Kier molecular flexibility index (Phi) is 3.65. The second kappa shape index (κ2) is 4.91. The Balaban J connectivity index is 2.34. The van der Waals surface area contributed by atoms with E-state index in [-0.39, 0.29) is 12.5 Å². The number of rotatable bonds is 3. The van der Waals surface area contributed by atoms with Gasteiger partial charge in [0.15, 0.2) is 0 Å². The molecule has 1 unspecified atom stereocenters. The number of benzene rings is 1. The van der Waals surface area contributed by atoms with Gasteiger partial charge in [0.25, 0.3) is 0 Å². The number of hydrogen-bond donors (Lipinski definition) is 1. The lowest BCUT2D eigenvalue weighted by Gasteiger charge is -2.16. The van der Waals surface area contributed by atoms with E-state index in [1.54, 1.807) is 0 Å². The Morgan fingerprint density at radius 1 is 1.39 bits per heavy atom. The van der Waals surface area contributed by atoms with Crippen molar-refractivity contribution in [3.05, 3.63) is 29.8 Å². The number of nitrogens with two attached hydrogens (primary N) is 1. The van der Waals surface area contributed by atoms with Gasteiger partial charge in [-0.05, 0) is 37.1 Å². The van der Waals surface area contributed by atoms with Gasteiger partial charge in [-0.15, -0.1) is 0 Å². The van der Waals surface area contributed by atoms with Crippen LogP contribution in [0.15, 0.2) is 23.1 Å². The molecule has 7 heteroatoms. The van der Waals surface area contributed by atoms with E-state index in [2.05, 4.69) is 0 Å². The summed E-state index contributed by atoms with van der Waals surface area (Å²) < 4.78 is 52.0. The molecule has 1 aromatic rings. The topological polar surface area (TPSA) is 63.4 Å². The fourth-order valence-electron chi connectivity index (χ4n) is 2.02. The van der Waals surface area contributed by atoms with Crippen LogP contribution in [0.4, 0.5) is 8.78 Å². The van der Waals surface area contributed by atoms with Crippen LogP contribution in [0, 0.1) is 17.6 Å². The molecule has 1 aliphatic rings. The van der Waals surface area contributed by atoms with E-state index in [1.165, 1.54) is 0 Å². The summed E-state index contributed by atoms with van der Waals surface area (Å²) in [6, 6.07) is 2.42. The highest BCUT2D eigenvalue weighted by Gasteiger charge is 2.33. The minimum atomic E-state index is -3.97. The van der Waals surface area contributed by atoms with Gasteiger partial charge in [0.1, 0.15) is 16.5 Å². The highest BCUT2D eigenvalue weighted by Crippen LogP contribution is 2.25. The standard InChI is InChI=1S/C11H14F2N2O2S/c12-9-1-2-10(13)11(5-9)18(16,17)15-4-3-8(6-14)7-15/h1-2,5,8H,3-4,6-7,14H2. The van der Waals surface area contributed by atoms with Crippen LogP contribution >= 0.6 is 0 Å². The first kappa shape index (κ1) is 13.4. The summed E-state index contributed by atoms with van der Waals surface area (Å²) in [6.07, 6.45) is 0.646. The summed E-state index contributed by atoms with van der Waals surface area (Å²) in [5.74, 6) is -1.63. The lowest BCUT2D eigenvalue weighted by atomic mass is 10.1. The first-order valence-electron chi connectivity index (χ1n) is 5.60. The third-order valence-electron chi connectivity index (χ3n) is 3.09. The molecule has 1 atom stereocenters. The zero-order valence-corrected chi connectivity index (χ0v) is 10.5. The van der Waals surface area contributed by atoms with Gasteiger partial charge in [-0.1, -0.05) is 0 Å².